The topological polar surface area (TPSA) is 68.2 Å². The first-order valence-corrected chi connectivity index (χ1v) is 7.13. The van der Waals surface area contributed by atoms with E-state index >= 15 is 0 Å². The summed E-state index contributed by atoms with van der Waals surface area (Å²) in [5.74, 6) is 0. The molecule has 5 nitrogen and oxygen atoms in total. The number of nitrogens with zero attached hydrogens (tertiary/aromatic N) is 3. The highest BCUT2D eigenvalue weighted by molar-refractivity contribution is 5.97. The number of benzene rings is 2. The molecule has 1 unspecified atom stereocenters. The van der Waals surface area contributed by atoms with E-state index in [1.165, 1.54) is 11.3 Å². The van der Waals surface area contributed by atoms with Crippen molar-refractivity contribution in [3.63, 3.8) is 0 Å². The van der Waals surface area contributed by atoms with Gasteiger partial charge >= 0.3 is 0 Å². The van der Waals surface area contributed by atoms with E-state index < -0.39 is 0 Å². The third kappa shape index (κ3) is 1.77. The number of anilines is 3. The lowest BCUT2D eigenvalue weighted by atomic mass is 9.95. The van der Waals surface area contributed by atoms with E-state index in [0.717, 1.165) is 24.0 Å². The monoisotopic (exact) mass is 280 g/mol. The molecule has 2 aromatic carbocycles. The first-order valence-electron chi connectivity index (χ1n) is 7.13. The molecule has 4 rings (SSSR count). The molecular formula is C16H16N4O. The molecule has 3 aromatic rings. The van der Waals surface area contributed by atoms with Crippen LogP contribution < -0.4 is 10.6 Å². The Morgan fingerprint density at radius 3 is 2.81 bits per heavy atom. The molecule has 5 heteroatoms. The molecule has 0 saturated heterocycles. The summed E-state index contributed by atoms with van der Waals surface area (Å²) in [4.78, 5) is 2.31. The minimum Gasteiger partial charge on any atom is -0.397 e. The maximum atomic E-state index is 5.95. The van der Waals surface area contributed by atoms with Gasteiger partial charge in [-0.2, -0.15) is 0 Å². The van der Waals surface area contributed by atoms with Gasteiger partial charge in [0.2, 0.25) is 0 Å². The minimum atomic E-state index is 0.392. The van der Waals surface area contributed by atoms with Crippen LogP contribution in [0.15, 0.2) is 41.0 Å². The lowest BCUT2D eigenvalue weighted by molar-refractivity contribution is 0.315. The molecular weight excluding hydrogens is 264 g/mol. The Hall–Kier alpha value is -2.56. The van der Waals surface area contributed by atoms with Gasteiger partial charge in [0.1, 0.15) is 0 Å². The highest BCUT2D eigenvalue weighted by atomic mass is 16.6. The van der Waals surface area contributed by atoms with Gasteiger partial charge in [0.15, 0.2) is 11.0 Å². The van der Waals surface area contributed by atoms with E-state index in [1.54, 1.807) is 0 Å². The second-order valence-electron chi connectivity index (χ2n) is 5.52. The number of rotatable bonds is 1. The summed E-state index contributed by atoms with van der Waals surface area (Å²) in [5, 5.41) is 7.97. The molecule has 0 spiro atoms. The zero-order valence-electron chi connectivity index (χ0n) is 11.8. The van der Waals surface area contributed by atoms with Crippen LogP contribution >= 0.6 is 0 Å². The van der Waals surface area contributed by atoms with E-state index in [-0.39, 0.29) is 0 Å². The first-order chi connectivity index (χ1) is 10.3. The Kier molecular flexibility index (Phi) is 2.60. The number of aryl methyl sites for hydroxylation is 1. The standard InChI is InChI=1S/C16H16N4O/c1-10-6-7-11-4-2-3-5-13(11)20(10)14-9-8-12(17)15-16(14)19-21-18-15/h2-5,8-10H,6-7,17H2,1H3. The van der Waals surface area contributed by atoms with Crippen LogP contribution in [0.3, 0.4) is 0 Å². The summed E-state index contributed by atoms with van der Waals surface area (Å²) in [6.07, 6.45) is 2.21. The van der Waals surface area contributed by atoms with Crippen molar-refractivity contribution >= 4 is 28.1 Å². The Bertz CT molecular complexity index is 811. The van der Waals surface area contributed by atoms with Crippen molar-refractivity contribution in [2.45, 2.75) is 25.8 Å². The number of fused-ring (bicyclic) bond motifs is 2. The number of nitrogen functional groups attached to an aromatic ring is 1. The van der Waals surface area contributed by atoms with Crippen LogP contribution in [0.4, 0.5) is 17.1 Å². The van der Waals surface area contributed by atoms with Crippen molar-refractivity contribution in [2.24, 2.45) is 0 Å². The molecule has 1 aromatic heterocycles. The molecule has 1 atom stereocenters. The number of hydrogen-bond donors (Lipinski definition) is 1. The van der Waals surface area contributed by atoms with E-state index in [2.05, 4.69) is 46.4 Å². The zero-order valence-corrected chi connectivity index (χ0v) is 11.8. The molecule has 0 saturated carbocycles. The quantitative estimate of drug-likeness (QED) is 0.693. The molecule has 0 bridgehead atoms. The van der Waals surface area contributed by atoms with Gasteiger partial charge in [0.05, 0.1) is 11.4 Å². The van der Waals surface area contributed by atoms with Crippen LogP contribution in [0, 0.1) is 0 Å². The van der Waals surface area contributed by atoms with Gasteiger partial charge in [0, 0.05) is 11.7 Å². The van der Waals surface area contributed by atoms with Crippen molar-refractivity contribution in [3.8, 4) is 0 Å². The van der Waals surface area contributed by atoms with Crippen LogP contribution in [-0.2, 0) is 6.42 Å². The van der Waals surface area contributed by atoms with Gasteiger partial charge in [-0.05, 0) is 53.8 Å². The normalized spacial score (nSPS) is 18.0. The minimum absolute atomic E-state index is 0.392. The van der Waals surface area contributed by atoms with Crippen LogP contribution in [0.5, 0.6) is 0 Å². The van der Waals surface area contributed by atoms with E-state index in [0.29, 0.717) is 17.2 Å². The molecule has 0 aliphatic carbocycles. The van der Waals surface area contributed by atoms with Gasteiger partial charge < -0.3 is 10.6 Å². The average Bonchev–Trinajstić information content (AvgIpc) is 2.99. The molecule has 1 aliphatic rings. The molecule has 106 valence electrons. The van der Waals surface area contributed by atoms with Crippen LogP contribution in [0.25, 0.3) is 11.0 Å². The van der Waals surface area contributed by atoms with Crippen LogP contribution in [0.2, 0.25) is 0 Å². The largest absolute Gasteiger partial charge is 0.397 e. The fraction of sp³-hybridized carbons (Fsp3) is 0.250. The zero-order chi connectivity index (χ0) is 14.4. The summed E-state index contributed by atoms with van der Waals surface area (Å²) in [5.41, 5.74) is 11.5. The molecule has 0 radical (unpaired) electrons. The number of hydrogen-bond acceptors (Lipinski definition) is 5. The Morgan fingerprint density at radius 2 is 1.90 bits per heavy atom. The van der Waals surface area contributed by atoms with Gasteiger partial charge in [-0.3, -0.25) is 0 Å². The van der Waals surface area contributed by atoms with Crippen molar-refractivity contribution in [2.75, 3.05) is 10.6 Å². The van der Waals surface area contributed by atoms with Crippen LogP contribution in [-0.4, -0.2) is 16.4 Å². The summed E-state index contributed by atoms with van der Waals surface area (Å²) < 4.78 is 4.89. The Morgan fingerprint density at radius 1 is 1.10 bits per heavy atom. The highest BCUT2D eigenvalue weighted by Gasteiger charge is 2.26. The van der Waals surface area contributed by atoms with Crippen molar-refractivity contribution in [1.82, 2.24) is 10.3 Å². The third-order valence-electron chi connectivity index (χ3n) is 4.21. The number of para-hydroxylation sites is 1. The fourth-order valence-corrected chi connectivity index (χ4v) is 3.12. The highest BCUT2D eigenvalue weighted by Crippen LogP contribution is 2.40. The smallest absolute Gasteiger partial charge is 0.160 e. The maximum Gasteiger partial charge on any atom is 0.160 e. The molecule has 0 amide bonds. The van der Waals surface area contributed by atoms with E-state index in [1.807, 2.05) is 12.1 Å². The molecule has 21 heavy (non-hydrogen) atoms. The van der Waals surface area contributed by atoms with Crippen LogP contribution in [0.1, 0.15) is 18.9 Å². The SMILES string of the molecule is CC1CCc2ccccc2N1c1ccc(N)c2nonc12. The Labute approximate surface area is 122 Å². The van der Waals surface area contributed by atoms with Gasteiger partial charge in [0.25, 0.3) is 0 Å². The Balaban J connectivity index is 1.96. The first kappa shape index (κ1) is 12.2. The second kappa shape index (κ2) is 4.48. The predicted octanol–water partition coefficient (Wildman–Crippen LogP) is 3.28. The average molecular weight is 280 g/mol. The van der Waals surface area contributed by atoms with E-state index in [9.17, 15) is 0 Å². The lowest BCUT2D eigenvalue weighted by Crippen LogP contribution is -2.33. The molecule has 1 aliphatic heterocycles. The molecule has 0 fully saturated rings. The van der Waals surface area contributed by atoms with E-state index in [4.69, 9.17) is 10.4 Å². The molecule has 2 heterocycles. The number of aromatic nitrogens is 2. The predicted molar refractivity (Wildman–Crippen MR) is 82.6 cm³/mol. The van der Waals surface area contributed by atoms with Crippen molar-refractivity contribution < 1.29 is 4.63 Å². The summed E-state index contributed by atoms with van der Waals surface area (Å²) in [6.45, 7) is 2.23. The second-order valence-corrected chi connectivity index (χ2v) is 5.52. The molecule has 2 N–H and O–H groups in total. The summed E-state index contributed by atoms with van der Waals surface area (Å²) >= 11 is 0. The van der Waals surface area contributed by atoms with Gasteiger partial charge in [-0.1, -0.05) is 18.2 Å². The summed E-state index contributed by atoms with van der Waals surface area (Å²) in [7, 11) is 0. The van der Waals surface area contributed by atoms with Gasteiger partial charge in [-0.15, -0.1) is 0 Å². The number of nitrogens with two attached hydrogens (primary N) is 1. The van der Waals surface area contributed by atoms with Crippen molar-refractivity contribution in [3.05, 3.63) is 42.0 Å². The summed E-state index contributed by atoms with van der Waals surface area (Å²) in [6, 6.07) is 12.8. The van der Waals surface area contributed by atoms with Gasteiger partial charge in [-0.25, -0.2) is 4.63 Å². The lowest BCUT2D eigenvalue weighted by Gasteiger charge is -2.37. The van der Waals surface area contributed by atoms with Crippen molar-refractivity contribution in [1.29, 1.82) is 0 Å². The fourth-order valence-electron chi connectivity index (χ4n) is 3.12. The maximum absolute atomic E-state index is 5.95. The third-order valence-corrected chi connectivity index (χ3v) is 4.21.